The average molecular weight is 352 g/mol. The maximum absolute atomic E-state index is 12.4. The van der Waals surface area contributed by atoms with Gasteiger partial charge in [0.1, 0.15) is 5.82 Å². The van der Waals surface area contributed by atoms with Crippen LogP contribution in [0.3, 0.4) is 0 Å². The van der Waals surface area contributed by atoms with Crippen LogP contribution in [-0.4, -0.2) is 40.0 Å². The first-order valence-corrected chi connectivity index (χ1v) is 9.29. The van der Waals surface area contributed by atoms with Crippen molar-refractivity contribution in [3.05, 3.63) is 59.7 Å². The average Bonchev–Trinajstić information content (AvgIpc) is 3.18. The van der Waals surface area contributed by atoms with Crippen molar-refractivity contribution in [3.63, 3.8) is 0 Å². The number of benzene rings is 1. The van der Waals surface area contributed by atoms with E-state index in [9.17, 15) is 4.79 Å². The summed E-state index contributed by atoms with van der Waals surface area (Å²) >= 11 is 0. The molecule has 0 aliphatic carbocycles. The number of nitrogens with one attached hydrogen (secondary N) is 1. The molecule has 5 heteroatoms. The Labute approximate surface area is 155 Å². The van der Waals surface area contributed by atoms with Crippen molar-refractivity contribution in [2.24, 2.45) is 13.0 Å². The van der Waals surface area contributed by atoms with Crippen LogP contribution in [0.25, 0.3) is 6.08 Å². The highest BCUT2D eigenvalue weighted by Crippen LogP contribution is 2.36. The number of aromatic nitrogens is 2. The van der Waals surface area contributed by atoms with E-state index in [4.69, 9.17) is 0 Å². The predicted octanol–water partition coefficient (Wildman–Crippen LogP) is 3.02. The van der Waals surface area contributed by atoms with Crippen LogP contribution in [0.4, 0.5) is 0 Å². The minimum Gasteiger partial charge on any atom is -0.336 e. The van der Waals surface area contributed by atoms with Gasteiger partial charge in [-0.05, 0) is 19.4 Å². The molecule has 0 unspecified atom stereocenters. The first kappa shape index (κ1) is 18.4. The monoisotopic (exact) mass is 352 g/mol. The van der Waals surface area contributed by atoms with Gasteiger partial charge in [0.15, 0.2) is 0 Å². The van der Waals surface area contributed by atoms with Gasteiger partial charge < -0.3 is 14.8 Å². The number of nitrogens with zero attached hydrogens (tertiary/aromatic N) is 3. The van der Waals surface area contributed by atoms with Gasteiger partial charge in [-0.25, -0.2) is 4.98 Å². The van der Waals surface area contributed by atoms with Gasteiger partial charge in [0.25, 0.3) is 0 Å². The number of aryl methyl sites for hydroxylation is 1. The first-order valence-electron chi connectivity index (χ1n) is 9.29. The van der Waals surface area contributed by atoms with Crippen molar-refractivity contribution in [1.82, 2.24) is 19.8 Å². The molecular weight excluding hydrogens is 324 g/mol. The molecule has 5 nitrogen and oxygen atoms in total. The molecule has 0 saturated carbocycles. The summed E-state index contributed by atoms with van der Waals surface area (Å²) in [6, 6.07) is 10.4. The Morgan fingerprint density at radius 2 is 2.12 bits per heavy atom. The largest absolute Gasteiger partial charge is 0.336 e. The van der Waals surface area contributed by atoms with Crippen LogP contribution in [0.2, 0.25) is 0 Å². The number of likely N-dealkylation sites (tertiary alicyclic amines) is 1. The molecule has 1 aromatic heterocycles. The molecule has 1 amide bonds. The number of imidazole rings is 1. The molecule has 1 aliphatic heterocycles. The Morgan fingerprint density at radius 1 is 1.35 bits per heavy atom. The molecule has 1 aliphatic rings. The van der Waals surface area contributed by atoms with Crippen molar-refractivity contribution in [2.75, 3.05) is 19.6 Å². The summed E-state index contributed by atoms with van der Waals surface area (Å²) in [7, 11) is 2.00. The highest BCUT2D eigenvalue weighted by atomic mass is 16.2. The van der Waals surface area contributed by atoms with Gasteiger partial charge in [-0.15, -0.1) is 0 Å². The van der Waals surface area contributed by atoms with Crippen LogP contribution in [0, 0.1) is 5.92 Å². The number of rotatable bonds is 7. The molecule has 138 valence electrons. The number of hydrogen-bond acceptors (Lipinski definition) is 3. The van der Waals surface area contributed by atoms with Crippen LogP contribution < -0.4 is 5.32 Å². The minimum atomic E-state index is 0.0541. The Morgan fingerprint density at radius 3 is 2.77 bits per heavy atom. The third-order valence-electron chi connectivity index (χ3n) is 5.03. The number of carbonyl (C=O) groups is 1. The van der Waals surface area contributed by atoms with E-state index in [1.165, 1.54) is 11.1 Å². The summed E-state index contributed by atoms with van der Waals surface area (Å²) in [5, 5.41) is 3.54. The van der Waals surface area contributed by atoms with Crippen molar-refractivity contribution >= 4 is 12.0 Å². The molecule has 2 atom stereocenters. The quantitative estimate of drug-likeness (QED) is 0.833. The normalized spacial score (nSPS) is 20.8. The molecule has 1 saturated heterocycles. The fraction of sp³-hybridized carbons (Fsp3) is 0.429. The zero-order valence-corrected chi connectivity index (χ0v) is 15.9. The second-order valence-electron chi connectivity index (χ2n) is 7.02. The summed E-state index contributed by atoms with van der Waals surface area (Å²) in [4.78, 5) is 18.9. The molecule has 0 radical (unpaired) electrons. The Bertz CT molecular complexity index is 765. The van der Waals surface area contributed by atoms with Crippen LogP contribution in [0.5, 0.6) is 0 Å². The fourth-order valence-electron chi connectivity index (χ4n) is 3.77. The van der Waals surface area contributed by atoms with Crippen molar-refractivity contribution in [2.45, 2.75) is 26.3 Å². The van der Waals surface area contributed by atoms with E-state index in [1.54, 1.807) is 0 Å². The van der Waals surface area contributed by atoms with Crippen LogP contribution in [0.15, 0.2) is 48.3 Å². The van der Waals surface area contributed by atoms with Crippen LogP contribution in [-0.2, 0) is 11.8 Å². The molecule has 0 bridgehead atoms. The Balaban J connectivity index is 1.64. The maximum Gasteiger partial charge on any atom is 0.223 e. The minimum absolute atomic E-state index is 0.0541. The molecule has 2 aromatic rings. The van der Waals surface area contributed by atoms with Crippen molar-refractivity contribution in [3.8, 4) is 0 Å². The van der Waals surface area contributed by atoms with E-state index in [0.717, 1.165) is 25.5 Å². The molecule has 1 aromatic carbocycles. The predicted molar refractivity (Wildman–Crippen MR) is 104 cm³/mol. The standard InChI is InChI=1S/C21H28N4O/c1-4-25-19(26)13-18(20(25)21-23-10-11-24(21)3)15-22-14-16(2)12-17-8-6-5-7-9-17/h5-12,18,20,22H,4,13-15H2,1-3H3/b16-12+/t18-,20+/m0/s1. The SMILES string of the molecule is CCN1C(=O)C[C@@H](CNC/C(C)=C/c2ccccc2)[C@@H]1c1nccn1C. The Hall–Kier alpha value is -2.40. The van der Waals surface area contributed by atoms with Gasteiger partial charge in [-0.3, -0.25) is 4.79 Å². The van der Waals surface area contributed by atoms with Crippen molar-refractivity contribution in [1.29, 1.82) is 0 Å². The summed E-state index contributed by atoms with van der Waals surface area (Å²) in [5.74, 6) is 1.44. The second kappa shape index (κ2) is 8.32. The van der Waals surface area contributed by atoms with Crippen LogP contribution >= 0.6 is 0 Å². The van der Waals surface area contributed by atoms with E-state index in [2.05, 4.69) is 35.4 Å². The molecule has 0 spiro atoms. The van der Waals surface area contributed by atoms with Gasteiger partial charge in [-0.1, -0.05) is 42.0 Å². The van der Waals surface area contributed by atoms with Gasteiger partial charge in [0, 0.05) is 51.4 Å². The number of amides is 1. The topological polar surface area (TPSA) is 50.2 Å². The zero-order valence-electron chi connectivity index (χ0n) is 15.9. The zero-order chi connectivity index (χ0) is 18.5. The molecular formula is C21H28N4O. The highest BCUT2D eigenvalue weighted by Gasteiger charge is 2.41. The lowest BCUT2D eigenvalue weighted by atomic mass is 9.99. The molecule has 26 heavy (non-hydrogen) atoms. The third-order valence-corrected chi connectivity index (χ3v) is 5.03. The highest BCUT2D eigenvalue weighted by molar-refractivity contribution is 5.79. The van der Waals surface area contributed by atoms with E-state index < -0.39 is 0 Å². The smallest absolute Gasteiger partial charge is 0.223 e. The van der Waals surface area contributed by atoms with E-state index in [1.807, 2.05) is 54.0 Å². The number of carbonyl (C=O) groups excluding carboxylic acids is 1. The van der Waals surface area contributed by atoms with Gasteiger partial charge in [0.2, 0.25) is 5.91 Å². The molecule has 3 rings (SSSR count). The van der Waals surface area contributed by atoms with Crippen molar-refractivity contribution < 1.29 is 4.79 Å². The Kier molecular flexibility index (Phi) is 5.89. The summed E-state index contributed by atoms with van der Waals surface area (Å²) in [5.41, 5.74) is 2.49. The van der Waals surface area contributed by atoms with Gasteiger partial charge in [-0.2, -0.15) is 0 Å². The summed E-state index contributed by atoms with van der Waals surface area (Å²) in [6.07, 6.45) is 6.54. The lowest BCUT2D eigenvalue weighted by Crippen LogP contribution is -2.33. The maximum atomic E-state index is 12.4. The van der Waals surface area contributed by atoms with E-state index in [0.29, 0.717) is 6.42 Å². The van der Waals surface area contributed by atoms with E-state index in [-0.39, 0.29) is 17.9 Å². The summed E-state index contributed by atoms with van der Waals surface area (Å²) < 4.78 is 2.03. The molecule has 1 fully saturated rings. The number of hydrogen-bond donors (Lipinski definition) is 1. The molecule has 2 heterocycles. The van der Waals surface area contributed by atoms with E-state index >= 15 is 0 Å². The van der Waals surface area contributed by atoms with Gasteiger partial charge >= 0.3 is 0 Å². The molecule has 1 N–H and O–H groups in total. The fourth-order valence-corrected chi connectivity index (χ4v) is 3.77. The first-order chi connectivity index (χ1) is 12.6. The third kappa shape index (κ3) is 4.05. The lowest BCUT2D eigenvalue weighted by molar-refractivity contribution is -0.128. The summed E-state index contributed by atoms with van der Waals surface area (Å²) in [6.45, 7) is 6.52. The lowest BCUT2D eigenvalue weighted by Gasteiger charge is -2.27. The second-order valence-corrected chi connectivity index (χ2v) is 7.02. The van der Waals surface area contributed by atoms with Crippen LogP contribution in [0.1, 0.15) is 37.7 Å². The van der Waals surface area contributed by atoms with Gasteiger partial charge in [0.05, 0.1) is 6.04 Å².